The smallest absolute Gasteiger partial charge is 0.326 e. The van der Waals surface area contributed by atoms with E-state index in [1.54, 1.807) is 6.92 Å². The van der Waals surface area contributed by atoms with Crippen LogP contribution in [-0.2, 0) is 14.6 Å². The largest absolute Gasteiger partial charge is 0.480 e. The summed E-state index contributed by atoms with van der Waals surface area (Å²) >= 11 is 0. The van der Waals surface area contributed by atoms with Crippen LogP contribution in [0.4, 0.5) is 0 Å². The second-order valence-electron chi connectivity index (χ2n) is 4.19. The minimum Gasteiger partial charge on any atom is -0.480 e. The summed E-state index contributed by atoms with van der Waals surface area (Å²) in [5, 5.41) is 17.4. The number of carboxylic acids is 1. The van der Waals surface area contributed by atoms with Crippen molar-refractivity contribution in [3.05, 3.63) is 17.5 Å². The maximum atomic E-state index is 11.8. The van der Waals surface area contributed by atoms with E-state index in [2.05, 4.69) is 15.5 Å². The van der Waals surface area contributed by atoms with Gasteiger partial charge in [0.1, 0.15) is 15.9 Å². The standard InChI is InChI=1S/C10H15N3O5S/c1-6-7(5-11-13-6)9(14)12-8(10(15)16)3-4-19(2,17)18/h5,8H,3-4H2,1-2H3,(H,11,13)(H,12,14)(H,15,16). The van der Waals surface area contributed by atoms with Gasteiger partial charge in [-0.1, -0.05) is 0 Å². The van der Waals surface area contributed by atoms with E-state index in [4.69, 9.17) is 5.11 Å². The fourth-order valence-electron chi connectivity index (χ4n) is 1.40. The first-order valence-electron chi connectivity index (χ1n) is 5.42. The summed E-state index contributed by atoms with van der Waals surface area (Å²) in [5.41, 5.74) is 0.732. The van der Waals surface area contributed by atoms with Crippen LogP contribution in [0, 0.1) is 6.92 Å². The first kappa shape index (κ1) is 15.2. The number of rotatable bonds is 6. The van der Waals surface area contributed by atoms with Gasteiger partial charge in [0, 0.05) is 11.9 Å². The molecule has 0 radical (unpaired) electrons. The molecule has 1 aromatic rings. The number of hydrogen-bond donors (Lipinski definition) is 3. The molecule has 19 heavy (non-hydrogen) atoms. The second kappa shape index (κ2) is 5.83. The number of nitrogens with one attached hydrogen (secondary N) is 2. The molecule has 1 rings (SSSR count). The van der Waals surface area contributed by atoms with Crippen LogP contribution in [0.15, 0.2) is 6.20 Å². The fraction of sp³-hybridized carbons (Fsp3) is 0.500. The van der Waals surface area contributed by atoms with Crippen molar-refractivity contribution in [3.8, 4) is 0 Å². The minimum atomic E-state index is -3.28. The Morgan fingerprint density at radius 2 is 2.16 bits per heavy atom. The summed E-state index contributed by atoms with van der Waals surface area (Å²) < 4.78 is 22.0. The van der Waals surface area contributed by atoms with E-state index in [1.165, 1.54) is 6.20 Å². The van der Waals surface area contributed by atoms with Crippen molar-refractivity contribution >= 4 is 21.7 Å². The van der Waals surface area contributed by atoms with Gasteiger partial charge in [-0.05, 0) is 13.3 Å². The van der Waals surface area contributed by atoms with Gasteiger partial charge in [0.2, 0.25) is 0 Å². The summed E-state index contributed by atoms with van der Waals surface area (Å²) in [6, 6.07) is -1.25. The molecule has 9 heteroatoms. The van der Waals surface area contributed by atoms with Gasteiger partial charge in [0.15, 0.2) is 0 Å². The van der Waals surface area contributed by atoms with Gasteiger partial charge in [-0.3, -0.25) is 9.89 Å². The zero-order valence-electron chi connectivity index (χ0n) is 10.5. The van der Waals surface area contributed by atoms with E-state index in [0.717, 1.165) is 6.26 Å². The van der Waals surface area contributed by atoms with E-state index < -0.39 is 27.8 Å². The van der Waals surface area contributed by atoms with Crippen LogP contribution in [0.1, 0.15) is 22.5 Å². The number of hydrogen-bond acceptors (Lipinski definition) is 5. The average molecular weight is 289 g/mol. The Hall–Kier alpha value is -1.90. The first-order chi connectivity index (χ1) is 8.70. The molecule has 1 aromatic heterocycles. The quantitative estimate of drug-likeness (QED) is 0.637. The molecule has 8 nitrogen and oxygen atoms in total. The molecule has 0 spiro atoms. The summed E-state index contributed by atoms with van der Waals surface area (Å²) in [6.45, 7) is 1.62. The molecule has 3 N–H and O–H groups in total. The van der Waals surface area contributed by atoms with Gasteiger partial charge in [-0.25, -0.2) is 13.2 Å². The number of nitrogens with zero attached hydrogens (tertiary/aromatic N) is 1. The zero-order chi connectivity index (χ0) is 14.6. The number of H-pyrrole nitrogens is 1. The number of aromatic amines is 1. The highest BCUT2D eigenvalue weighted by Crippen LogP contribution is 2.04. The molecule has 0 aliphatic carbocycles. The molecule has 0 aromatic carbocycles. The maximum Gasteiger partial charge on any atom is 0.326 e. The number of aryl methyl sites for hydroxylation is 1. The van der Waals surface area contributed by atoms with Crippen LogP contribution < -0.4 is 5.32 Å². The topological polar surface area (TPSA) is 129 Å². The Labute approximate surface area is 110 Å². The lowest BCUT2D eigenvalue weighted by atomic mass is 10.2. The number of amides is 1. The number of carbonyl (C=O) groups is 2. The highest BCUT2D eigenvalue weighted by molar-refractivity contribution is 7.90. The molecule has 106 valence electrons. The van der Waals surface area contributed by atoms with Gasteiger partial charge in [-0.2, -0.15) is 5.10 Å². The van der Waals surface area contributed by atoms with Crippen LogP contribution >= 0.6 is 0 Å². The molecule has 0 saturated carbocycles. The van der Waals surface area contributed by atoms with Gasteiger partial charge in [0.05, 0.1) is 17.5 Å². The van der Waals surface area contributed by atoms with Crippen molar-refractivity contribution in [1.29, 1.82) is 0 Å². The fourth-order valence-corrected chi connectivity index (χ4v) is 2.07. The van der Waals surface area contributed by atoms with Crippen molar-refractivity contribution in [1.82, 2.24) is 15.5 Å². The molecule has 0 saturated heterocycles. The Bertz CT molecular complexity index is 578. The third-order valence-corrected chi connectivity index (χ3v) is 3.43. The molecule has 0 fully saturated rings. The third-order valence-electron chi connectivity index (χ3n) is 2.46. The lowest BCUT2D eigenvalue weighted by Crippen LogP contribution is -2.42. The van der Waals surface area contributed by atoms with Crippen molar-refractivity contribution in [2.75, 3.05) is 12.0 Å². The first-order valence-corrected chi connectivity index (χ1v) is 7.48. The molecule has 1 atom stereocenters. The SMILES string of the molecule is Cc1[nH]ncc1C(=O)NC(CCS(C)(=O)=O)C(=O)O. The van der Waals surface area contributed by atoms with Gasteiger partial charge in [0.25, 0.3) is 5.91 Å². The molecule has 0 aliphatic rings. The maximum absolute atomic E-state index is 11.8. The summed E-state index contributed by atoms with van der Waals surface area (Å²) in [5.74, 6) is -2.19. The number of aliphatic carboxylic acids is 1. The summed E-state index contributed by atoms with van der Waals surface area (Å²) in [4.78, 5) is 22.8. The van der Waals surface area contributed by atoms with Crippen LogP contribution in [0.5, 0.6) is 0 Å². The number of carbonyl (C=O) groups excluding carboxylic acids is 1. The molecular weight excluding hydrogens is 274 g/mol. The summed E-state index contributed by atoms with van der Waals surface area (Å²) in [6.07, 6.45) is 2.10. The highest BCUT2D eigenvalue weighted by atomic mass is 32.2. The van der Waals surface area contributed by atoms with E-state index in [-0.39, 0.29) is 17.7 Å². The number of aromatic nitrogens is 2. The lowest BCUT2D eigenvalue weighted by Gasteiger charge is -2.13. The van der Waals surface area contributed by atoms with Crippen molar-refractivity contribution < 1.29 is 23.1 Å². The van der Waals surface area contributed by atoms with Gasteiger partial charge < -0.3 is 10.4 Å². The lowest BCUT2D eigenvalue weighted by molar-refractivity contribution is -0.139. The normalized spacial score (nSPS) is 12.9. The van der Waals surface area contributed by atoms with Crippen molar-refractivity contribution in [2.45, 2.75) is 19.4 Å². The van der Waals surface area contributed by atoms with Crippen LogP contribution in [0.25, 0.3) is 0 Å². The van der Waals surface area contributed by atoms with Crippen LogP contribution in [0.2, 0.25) is 0 Å². The Morgan fingerprint density at radius 3 is 2.58 bits per heavy atom. The molecule has 0 aliphatic heterocycles. The minimum absolute atomic E-state index is 0.184. The second-order valence-corrected chi connectivity index (χ2v) is 6.45. The molecular formula is C10H15N3O5S. The zero-order valence-corrected chi connectivity index (χ0v) is 11.3. The Balaban J connectivity index is 2.72. The third kappa shape index (κ3) is 4.70. The van der Waals surface area contributed by atoms with Crippen molar-refractivity contribution in [2.24, 2.45) is 0 Å². The number of carboxylic acid groups (broad SMARTS) is 1. The summed E-state index contributed by atoms with van der Waals surface area (Å²) in [7, 11) is -3.28. The highest BCUT2D eigenvalue weighted by Gasteiger charge is 2.23. The van der Waals surface area contributed by atoms with Gasteiger partial charge in [-0.15, -0.1) is 0 Å². The predicted octanol–water partition coefficient (Wildman–Crippen LogP) is -0.664. The molecule has 0 bridgehead atoms. The van der Waals surface area contributed by atoms with E-state index >= 15 is 0 Å². The van der Waals surface area contributed by atoms with E-state index in [0.29, 0.717) is 5.69 Å². The number of sulfone groups is 1. The average Bonchev–Trinajstić information content (AvgIpc) is 2.68. The Morgan fingerprint density at radius 1 is 1.53 bits per heavy atom. The van der Waals surface area contributed by atoms with E-state index in [1.807, 2.05) is 0 Å². The molecule has 1 amide bonds. The molecule has 1 heterocycles. The predicted molar refractivity (Wildman–Crippen MR) is 66.5 cm³/mol. The molecule has 1 unspecified atom stereocenters. The van der Waals surface area contributed by atoms with Gasteiger partial charge >= 0.3 is 5.97 Å². The Kier molecular flexibility index (Phi) is 4.65. The van der Waals surface area contributed by atoms with Crippen LogP contribution in [-0.4, -0.2) is 53.6 Å². The monoisotopic (exact) mass is 289 g/mol. The van der Waals surface area contributed by atoms with Crippen LogP contribution in [0.3, 0.4) is 0 Å². The van der Waals surface area contributed by atoms with Crippen molar-refractivity contribution in [3.63, 3.8) is 0 Å². The van der Waals surface area contributed by atoms with E-state index in [9.17, 15) is 18.0 Å².